The van der Waals surface area contributed by atoms with E-state index in [1.54, 1.807) is 23.1 Å². The fraction of sp³-hybridized carbons (Fsp3) is 0.500. The van der Waals surface area contributed by atoms with Gasteiger partial charge in [0.15, 0.2) is 0 Å². The molecule has 102 valence electrons. The number of hydrogen-bond acceptors (Lipinski definition) is 4. The Kier molecular flexibility index (Phi) is 3.06. The van der Waals surface area contributed by atoms with Crippen molar-refractivity contribution in [2.45, 2.75) is 24.9 Å². The average Bonchev–Trinajstić information content (AvgIpc) is 2.58. The number of nitrogens with zero attached hydrogens (tertiary/aromatic N) is 1. The van der Waals surface area contributed by atoms with Crippen LogP contribution < -0.4 is 10.2 Å². The zero-order valence-corrected chi connectivity index (χ0v) is 10.8. The molecule has 1 amide bonds. The van der Waals surface area contributed by atoms with Gasteiger partial charge in [-0.1, -0.05) is 12.1 Å². The zero-order valence-electron chi connectivity index (χ0n) is 10.8. The first kappa shape index (κ1) is 12.3. The number of hydrogen-bond donors (Lipinski definition) is 2. The van der Waals surface area contributed by atoms with E-state index in [0.29, 0.717) is 12.2 Å². The lowest BCUT2D eigenvalue weighted by atomic mass is 9.95. The van der Waals surface area contributed by atoms with E-state index in [2.05, 4.69) is 5.32 Å². The predicted octanol–water partition coefficient (Wildman–Crippen LogP) is 1.86. The van der Waals surface area contributed by atoms with E-state index >= 15 is 0 Å². The monoisotopic (exact) mass is 262 g/mol. The zero-order chi connectivity index (χ0) is 13.3. The molecule has 1 atom stereocenters. The molecule has 1 unspecified atom stereocenters. The summed E-state index contributed by atoms with van der Waals surface area (Å²) < 4.78 is 5.63. The summed E-state index contributed by atoms with van der Waals surface area (Å²) in [7, 11) is 0. The van der Waals surface area contributed by atoms with Gasteiger partial charge in [-0.15, -0.1) is 0 Å². The van der Waals surface area contributed by atoms with Gasteiger partial charge in [-0.3, -0.25) is 4.90 Å². The van der Waals surface area contributed by atoms with Crippen LogP contribution in [-0.4, -0.2) is 36.4 Å². The van der Waals surface area contributed by atoms with Crippen molar-refractivity contribution in [3.8, 4) is 5.75 Å². The van der Waals surface area contributed by atoms with E-state index in [-0.39, 0.29) is 11.8 Å². The van der Waals surface area contributed by atoms with E-state index in [4.69, 9.17) is 4.74 Å². The fourth-order valence-corrected chi connectivity index (χ4v) is 2.86. The minimum absolute atomic E-state index is 0.114. The van der Waals surface area contributed by atoms with Crippen molar-refractivity contribution < 1.29 is 14.6 Å². The van der Waals surface area contributed by atoms with Crippen LogP contribution in [0.3, 0.4) is 0 Å². The lowest BCUT2D eigenvalue weighted by molar-refractivity contribution is 0.0470. The lowest BCUT2D eigenvalue weighted by Gasteiger charge is -2.24. The molecule has 0 aromatic heterocycles. The Morgan fingerprint density at radius 1 is 1.26 bits per heavy atom. The summed E-state index contributed by atoms with van der Waals surface area (Å²) in [5.41, 5.74) is 0.129. The number of benzene rings is 1. The van der Waals surface area contributed by atoms with E-state index in [1.807, 2.05) is 6.07 Å². The third-order valence-electron chi connectivity index (χ3n) is 3.89. The number of anilines is 1. The molecule has 2 aliphatic heterocycles. The number of phenolic OH excluding ortho intramolecular Hbond substituents is 1. The quantitative estimate of drug-likeness (QED) is 0.811. The number of carbonyl (C=O) groups is 1. The molecule has 1 aromatic carbocycles. The number of ether oxygens (including phenoxy) is 1. The van der Waals surface area contributed by atoms with Crippen molar-refractivity contribution in [3.63, 3.8) is 0 Å². The normalized spacial score (nSPS) is 27.4. The number of aromatic hydroxyl groups is 1. The molecule has 0 aliphatic carbocycles. The molecule has 2 heterocycles. The smallest absolute Gasteiger partial charge is 0.415 e. The molecule has 0 saturated carbocycles. The molecule has 3 rings (SSSR count). The number of amides is 1. The van der Waals surface area contributed by atoms with E-state index < -0.39 is 5.60 Å². The van der Waals surface area contributed by atoms with Crippen molar-refractivity contribution in [2.75, 3.05) is 24.5 Å². The highest BCUT2D eigenvalue weighted by atomic mass is 16.6. The summed E-state index contributed by atoms with van der Waals surface area (Å²) in [4.78, 5) is 13.6. The van der Waals surface area contributed by atoms with Crippen LogP contribution in [0.15, 0.2) is 24.3 Å². The van der Waals surface area contributed by atoms with Gasteiger partial charge in [0.25, 0.3) is 0 Å². The summed E-state index contributed by atoms with van der Waals surface area (Å²) in [5, 5.41) is 13.2. The lowest BCUT2D eigenvalue weighted by Crippen LogP contribution is -2.35. The summed E-state index contributed by atoms with van der Waals surface area (Å²) >= 11 is 0. The maximum atomic E-state index is 12.1. The highest BCUT2D eigenvalue weighted by molar-refractivity contribution is 5.92. The molecule has 2 saturated heterocycles. The van der Waals surface area contributed by atoms with Gasteiger partial charge in [-0.2, -0.15) is 0 Å². The van der Waals surface area contributed by atoms with Crippen LogP contribution in [0, 0.1) is 0 Å². The molecular weight excluding hydrogens is 244 g/mol. The summed E-state index contributed by atoms with van der Waals surface area (Å²) in [6, 6.07) is 6.88. The van der Waals surface area contributed by atoms with Crippen molar-refractivity contribution >= 4 is 11.8 Å². The average molecular weight is 262 g/mol. The van der Waals surface area contributed by atoms with Crippen LogP contribution in [0.5, 0.6) is 5.75 Å². The molecule has 2 fully saturated rings. The summed E-state index contributed by atoms with van der Waals surface area (Å²) in [6.45, 7) is 2.35. The second kappa shape index (κ2) is 4.74. The van der Waals surface area contributed by atoms with Crippen molar-refractivity contribution in [1.29, 1.82) is 0 Å². The first-order chi connectivity index (χ1) is 9.20. The number of nitrogens with one attached hydrogen (secondary N) is 1. The van der Waals surface area contributed by atoms with Crippen LogP contribution in [0.2, 0.25) is 0 Å². The van der Waals surface area contributed by atoms with Gasteiger partial charge < -0.3 is 15.2 Å². The van der Waals surface area contributed by atoms with Gasteiger partial charge in [-0.05, 0) is 38.1 Å². The first-order valence-corrected chi connectivity index (χ1v) is 6.69. The summed E-state index contributed by atoms with van der Waals surface area (Å²) in [6.07, 6.45) is 2.34. The molecule has 0 radical (unpaired) electrons. The van der Waals surface area contributed by atoms with Crippen molar-refractivity contribution in [1.82, 2.24) is 5.32 Å². The van der Waals surface area contributed by atoms with Gasteiger partial charge in [0, 0.05) is 6.42 Å². The standard InChI is InChI=1S/C14H18N2O3/c17-12-5-2-1-4-11(12)16-10-14(19-13(16)18)6-3-8-15-9-7-14/h1-2,4-5,15,17H,3,6-10H2. The fourth-order valence-electron chi connectivity index (χ4n) is 2.86. The second-order valence-electron chi connectivity index (χ2n) is 5.23. The Morgan fingerprint density at radius 2 is 2.11 bits per heavy atom. The minimum Gasteiger partial charge on any atom is -0.506 e. The van der Waals surface area contributed by atoms with E-state index in [9.17, 15) is 9.90 Å². The maximum absolute atomic E-state index is 12.1. The Morgan fingerprint density at radius 3 is 2.95 bits per heavy atom. The topological polar surface area (TPSA) is 61.8 Å². The number of rotatable bonds is 1. The molecule has 5 nitrogen and oxygen atoms in total. The molecule has 5 heteroatoms. The van der Waals surface area contributed by atoms with E-state index in [0.717, 1.165) is 32.4 Å². The van der Waals surface area contributed by atoms with Crippen LogP contribution in [0.1, 0.15) is 19.3 Å². The van der Waals surface area contributed by atoms with E-state index in [1.165, 1.54) is 0 Å². The third kappa shape index (κ3) is 2.26. The number of phenols is 1. The largest absolute Gasteiger partial charge is 0.506 e. The van der Waals surface area contributed by atoms with Gasteiger partial charge in [0.1, 0.15) is 11.4 Å². The first-order valence-electron chi connectivity index (χ1n) is 6.69. The Bertz CT molecular complexity index is 481. The molecule has 1 spiro atoms. The SMILES string of the molecule is O=C1OC2(CCCNCC2)CN1c1ccccc1O. The predicted molar refractivity (Wildman–Crippen MR) is 71.4 cm³/mol. The third-order valence-corrected chi connectivity index (χ3v) is 3.89. The Labute approximate surface area is 112 Å². The Hall–Kier alpha value is -1.75. The molecule has 1 aromatic rings. The van der Waals surface area contributed by atoms with Gasteiger partial charge in [0.05, 0.1) is 12.2 Å². The highest BCUT2D eigenvalue weighted by Crippen LogP contribution is 2.37. The second-order valence-corrected chi connectivity index (χ2v) is 5.23. The van der Waals surface area contributed by atoms with Crippen molar-refractivity contribution in [3.05, 3.63) is 24.3 Å². The molecule has 0 bridgehead atoms. The van der Waals surface area contributed by atoms with Crippen LogP contribution in [-0.2, 0) is 4.74 Å². The maximum Gasteiger partial charge on any atom is 0.415 e. The highest BCUT2D eigenvalue weighted by Gasteiger charge is 2.46. The van der Waals surface area contributed by atoms with Crippen LogP contribution >= 0.6 is 0 Å². The van der Waals surface area contributed by atoms with Crippen molar-refractivity contribution in [2.24, 2.45) is 0 Å². The molecule has 2 N–H and O–H groups in total. The van der Waals surface area contributed by atoms with Gasteiger partial charge in [0.2, 0.25) is 0 Å². The summed E-state index contributed by atoms with van der Waals surface area (Å²) in [5.74, 6) is 0.114. The van der Waals surface area contributed by atoms with Crippen LogP contribution in [0.25, 0.3) is 0 Å². The number of para-hydroxylation sites is 2. The Balaban J connectivity index is 1.85. The minimum atomic E-state index is -0.400. The molecular formula is C14H18N2O3. The number of carbonyl (C=O) groups excluding carboxylic acids is 1. The van der Waals surface area contributed by atoms with Gasteiger partial charge >= 0.3 is 6.09 Å². The van der Waals surface area contributed by atoms with Gasteiger partial charge in [-0.25, -0.2) is 4.79 Å². The molecule has 19 heavy (non-hydrogen) atoms. The van der Waals surface area contributed by atoms with Crippen LogP contribution in [0.4, 0.5) is 10.5 Å². The molecule has 2 aliphatic rings.